The van der Waals surface area contributed by atoms with Gasteiger partial charge in [-0.15, -0.1) is 0 Å². The zero-order valence-corrected chi connectivity index (χ0v) is 11.8. The second-order valence-corrected chi connectivity index (χ2v) is 5.13. The Balaban J connectivity index is 1.83. The Morgan fingerprint density at radius 3 is 2.48 bits per heavy atom. The predicted molar refractivity (Wildman–Crippen MR) is 79.7 cm³/mol. The molecule has 0 unspecified atom stereocenters. The molecular weight excluding hydrogens is 294 g/mol. The molecule has 23 heavy (non-hydrogen) atoms. The van der Waals surface area contributed by atoms with E-state index in [1.165, 1.54) is 24.5 Å². The Bertz CT molecular complexity index is 917. The van der Waals surface area contributed by atoms with Crippen LogP contribution in [0.4, 0.5) is 0 Å². The number of furan rings is 1. The van der Waals surface area contributed by atoms with Crippen LogP contribution in [0.2, 0.25) is 0 Å². The van der Waals surface area contributed by atoms with Crippen LogP contribution in [0.15, 0.2) is 59.3 Å². The van der Waals surface area contributed by atoms with Gasteiger partial charge in [0.05, 0.1) is 11.1 Å². The van der Waals surface area contributed by atoms with Crippen molar-refractivity contribution in [1.82, 2.24) is 4.98 Å². The Kier molecular flexibility index (Phi) is 2.81. The van der Waals surface area contributed by atoms with Crippen LogP contribution < -0.4 is 0 Å². The van der Waals surface area contributed by atoms with Gasteiger partial charge in [0.1, 0.15) is 0 Å². The molecule has 0 N–H and O–H groups in total. The average Bonchev–Trinajstić information content (AvgIpc) is 3.05. The fourth-order valence-electron chi connectivity index (χ4n) is 2.61. The molecule has 0 amide bonds. The maximum Gasteiger partial charge on any atom is 0.231 e. The number of pyridine rings is 1. The van der Waals surface area contributed by atoms with Crippen molar-refractivity contribution in [3.63, 3.8) is 0 Å². The third-order valence-electron chi connectivity index (χ3n) is 3.75. The van der Waals surface area contributed by atoms with E-state index in [0.717, 1.165) is 0 Å². The van der Waals surface area contributed by atoms with Gasteiger partial charge in [-0.3, -0.25) is 19.4 Å². The van der Waals surface area contributed by atoms with Crippen molar-refractivity contribution in [2.45, 2.75) is 0 Å². The Labute approximate surface area is 130 Å². The number of aromatic nitrogens is 1. The normalized spacial score (nSPS) is 12.7. The number of hydrogen-bond donors (Lipinski definition) is 0. The van der Waals surface area contributed by atoms with Crippen molar-refractivity contribution >= 4 is 17.3 Å². The number of carbonyl (C=O) groups is 3. The van der Waals surface area contributed by atoms with E-state index in [4.69, 9.17) is 4.42 Å². The summed E-state index contributed by atoms with van der Waals surface area (Å²) in [6.45, 7) is 0. The van der Waals surface area contributed by atoms with Gasteiger partial charge in [0.15, 0.2) is 17.3 Å². The molecule has 0 aliphatic heterocycles. The van der Waals surface area contributed by atoms with E-state index in [-0.39, 0.29) is 39.8 Å². The van der Waals surface area contributed by atoms with Crippen LogP contribution in [0.25, 0.3) is 0 Å². The van der Waals surface area contributed by atoms with Crippen LogP contribution >= 0.6 is 0 Å². The van der Waals surface area contributed by atoms with Crippen molar-refractivity contribution in [1.29, 1.82) is 0 Å². The maximum atomic E-state index is 12.5. The quantitative estimate of drug-likeness (QED) is 0.532. The lowest BCUT2D eigenvalue weighted by atomic mass is 9.90. The molecule has 1 aromatic carbocycles. The summed E-state index contributed by atoms with van der Waals surface area (Å²) in [5.41, 5.74) is 1.01. The molecule has 0 atom stereocenters. The number of ketones is 3. The number of benzene rings is 1. The molecule has 0 spiro atoms. The fourth-order valence-corrected chi connectivity index (χ4v) is 2.61. The highest BCUT2D eigenvalue weighted by Crippen LogP contribution is 2.29. The number of hydrogen-bond acceptors (Lipinski definition) is 5. The Hall–Kier alpha value is -3.34. The molecule has 1 aliphatic rings. The summed E-state index contributed by atoms with van der Waals surface area (Å²) < 4.78 is 5.41. The number of nitrogens with zero attached hydrogens (tertiary/aromatic N) is 1. The molecular formula is C18H9NO4. The second-order valence-electron chi connectivity index (χ2n) is 5.13. The first-order valence-electron chi connectivity index (χ1n) is 6.94. The van der Waals surface area contributed by atoms with Gasteiger partial charge in [0.2, 0.25) is 11.6 Å². The molecule has 3 aromatic rings. The van der Waals surface area contributed by atoms with Gasteiger partial charge in [0, 0.05) is 23.5 Å². The molecule has 5 nitrogen and oxygen atoms in total. The number of fused-ring (bicyclic) bond motifs is 2. The standard InChI is InChI=1S/C18H9NO4/c20-15(10-4-2-1-3-5-10)14-8-12-16(21)11-6-7-19-9-13(11)17(22)18(12)23-14/h1-9H. The van der Waals surface area contributed by atoms with Gasteiger partial charge in [-0.1, -0.05) is 30.3 Å². The van der Waals surface area contributed by atoms with E-state index >= 15 is 0 Å². The summed E-state index contributed by atoms with van der Waals surface area (Å²) in [7, 11) is 0. The van der Waals surface area contributed by atoms with E-state index in [1.807, 2.05) is 0 Å². The van der Waals surface area contributed by atoms with Crippen molar-refractivity contribution in [3.05, 3.63) is 88.6 Å². The minimum absolute atomic E-state index is 0.0244. The van der Waals surface area contributed by atoms with Crippen LogP contribution in [-0.4, -0.2) is 22.3 Å². The third kappa shape index (κ3) is 1.94. The first kappa shape index (κ1) is 13.3. The molecule has 0 saturated carbocycles. The highest BCUT2D eigenvalue weighted by molar-refractivity contribution is 6.28. The van der Waals surface area contributed by atoms with Crippen molar-refractivity contribution in [3.8, 4) is 0 Å². The van der Waals surface area contributed by atoms with E-state index < -0.39 is 5.78 Å². The van der Waals surface area contributed by atoms with Gasteiger partial charge in [-0.25, -0.2) is 0 Å². The summed E-state index contributed by atoms with van der Waals surface area (Å²) in [5, 5.41) is 0. The summed E-state index contributed by atoms with van der Waals surface area (Å²) in [5.74, 6) is -1.27. The fraction of sp³-hybridized carbons (Fsp3) is 0. The van der Waals surface area contributed by atoms with Crippen molar-refractivity contribution < 1.29 is 18.8 Å². The van der Waals surface area contributed by atoms with Gasteiger partial charge in [-0.2, -0.15) is 0 Å². The largest absolute Gasteiger partial charge is 0.448 e. The first-order valence-corrected chi connectivity index (χ1v) is 6.94. The predicted octanol–water partition coefficient (Wildman–Crippen LogP) is 2.68. The topological polar surface area (TPSA) is 77.2 Å². The smallest absolute Gasteiger partial charge is 0.231 e. The van der Waals surface area contributed by atoms with E-state index in [1.54, 1.807) is 30.3 Å². The molecule has 0 radical (unpaired) electrons. The Morgan fingerprint density at radius 2 is 1.70 bits per heavy atom. The summed E-state index contributed by atoms with van der Waals surface area (Å²) in [6, 6.07) is 11.4. The van der Waals surface area contributed by atoms with E-state index in [2.05, 4.69) is 4.98 Å². The SMILES string of the molecule is O=C(c1ccccc1)c1cc2c(o1)C(=O)c1cnccc1C2=O. The third-order valence-corrected chi connectivity index (χ3v) is 3.75. The molecule has 0 bridgehead atoms. The van der Waals surface area contributed by atoms with Crippen LogP contribution in [-0.2, 0) is 0 Å². The average molecular weight is 303 g/mol. The van der Waals surface area contributed by atoms with Crippen LogP contribution in [0.1, 0.15) is 48.2 Å². The highest BCUT2D eigenvalue weighted by Gasteiger charge is 2.34. The molecule has 0 fully saturated rings. The molecule has 5 heteroatoms. The molecule has 110 valence electrons. The Morgan fingerprint density at radius 1 is 0.913 bits per heavy atom. The zero-order valence-electron chi connectivity index (χ0n) is 11.8. The van der Waals surface area contributed by atoms with Gasteiger partial charge < -0.3 is 4.42 Å². The molecule has 1 aliphatic carbocycles. The van der Waals surface area contributed by atoms with Crippen molar-refractivity contribution in [2.75, 3.05) is 0 Å². The van der Waals surface area contributed by atoms with Crippen LogP contribution in [0.3, 0.4) is 0 Å². The maximum absolute atomic E-state index is 12.5. The summed E-state index contributed by atoms with van der Waals surface area (Å²) in [6.07, 6.45) is 2.78. The summed E-state index contributed by atoms with van der Waals surface area (Å²) >= 11 is 0. The first-order chi connectivity index (χ1) is 11.2. The summed E-state index contributed by atoms with van der Waals surface area (Å²) in [4.78, 5) is 41.2. The molecule has 4 rings (SSSR count). The molecule has 0 saturated heterocycles. The number of rotatable bonds is 2. The second kappa shape index (κ2) is 4.84. The van der Waals surface area contributed by atoms with Gasteiger partial charge >= 0.3 is 0 Å². The van der Waals surface area contributed by atoms with E-state index in [0.29, 0.717) is 5.56 Å². The number of carbonyl (C=O) groups excluding carboxylic acids is 3. The zero-order chi connectivity index (χ0) is 16.0. The molecule has 2 heterocycles. The van der Waals surface area contributed by atoms with Gasteiger partial charge in [0.25, 0.3) is 0 Å². The lowest BCUT2D eigenvalue weighted by Gasteiger charge is -2.11. The lowest BCUT2D eigenvalue weighted by molar-refractivity contribution is 0.0951. The van der Waals surface area contributed by atoms with Crippen LogP contribution in [0, 0.1) is 0 Å². The van der Waals surface area contributed by atoms with Gasteiger partial charge in [-0.05, 0) is 12.1 Å². The molecule has 2 aromatic heterocycles. The minimum atomic E-state index is -0.435. The minimum Gasteiger partial charge on any atom is -0.448 e. The van der Waals surface area contributed by atoms with E-state index in [9.17, 15) is 14.4 Å². The highest BCUT2D eigenvalue weighted by atomic mass is 16.4. The monoisotopic (exact) mass is 303 g/mol. The van der Waals surface area contributed by atoms with Crippen molar-refractivity contribution in [2.24, 2.45) is 0 Å². The van der Waals surface area contributed by atoms with Crippen LogP contribution in [0.5, 0.6) is 0 Å². The lowest BCUT2D eigenvalue weighted by Crippen LogP contribution is -2.19.